The first-order valence-electron chi connectivity index (χ1n) is 6.71. The van der Waals surface area contributed by atoms with Crippen LogP contribution in [0, 0.1) is 0 Å². The third kappa shape index (κ3) is 4.27. The zero-order valence-electron chi connectivity index (χ0n) is 12.3. The lowest BCUT2D eigenvalue weighted by molar-refractivity contribution is -0.0500. The number of methoxy groups -OCH3 is 1. The summed E-state index contributed by atoms with van der Waals surface area (Å²) < 4.78 is 74.7. The van der Waals surface area contributed by atoms with Crippen LogP contribution in [0.1, 0.15) is 5.56 Å². The maximum absolute atomic E-state index is 12.5. The SMILES string of the molecule is COc1cccc(OS(=O)(=O)C(F)(F)F)c1CN1CCOCC1. The number of hydrogen-bond acceptors (Lipinski definition) is 6. The molecule has 23 heavy (non-hydrogen) atoms. The molecule has 0 amide bonds. The molecule has 1 aliphatic heterocycles. The first kappa shape index (κ1) is 17.8. The van der Waals surface area contributed by atoms with Gasteiger partial charge in [0.05, 0.1) is 25.9 Å². The minimum atomic E-state index is -5.74. The van der Waals surface area contributed by atoms with Crippen molar-refractivity contribution in [3.05, 3.63) is 23.8 Å². The summed E-state index contributed by atoms with van der Waals surface area (Å²) in [4.78, 5) is 1.91. The minimum absolute atomic E-state index is 0.191. The van der Waals surface area contributed by atoms with Crippen LogP contribution in [0.2, 0.25) is 0 Å². The van der Waals surface area contributed by atoms with E-state index in [1.165, 1.54) is 25.3 Å². The molecule has 1 heterocycles. The number of ether oxygens (including phenoxy) is 2. The van der Waals surface area contributed by atoms with Gasteiger partial charge in [0.15, 0.2) is 5.75 Å². The largest absolute Gasteiger partial charge is 0.534 e. The predicted molar refractivity (Wildman–Crippen MR) is 74.7 cm³/mol. The van der Waals surface area contributed by atoms with E-state index in [1.54, 1.807) is 0 Å². The highest BCUT2D eigenvalue weighted by Gasteiger charge is 2.48. The Bertz CT molecular complexity index is 642. The molecule has 1 aromatic rings. The Morgan fingerprint density at radius 2 is 1.83 bits per heavy atom. The van der Waals surface area contributed by atoms with Gasteiger partial charge in [-0.05, 0) is 12.1 Å². The van der Waals surface area contributed by atoms with Crippen molar-refractivity contribution in [3.8, 4) is 11.5 Å². The number of benzene rings is 1. The van der Waals surface area contributed by atoms with Crippen molar-refractivity contribution >= 4 is 10.1 Å². The highest BCUT2D eigenvalue weighted by atomic mass is 32.2. The Balaban J connectivity index is 2.32. The van der Waals surface area contributed by atoms with E-state index in [0.717, 1.165) is 0 Å². The summed E-state index contributed by atoms with van der Waals surface area (Å²) in [6.45, 7) is 2.32. The summed E-state index contributed by atoms with van der Waals surface area (Å²) in [5.41, 5.74) is -5.25. The quantitative estimate of drug-likeness (QED) is 0.592. The van der Waals surface area contributed by atoms with E-state index in [4.69, 9.17) is 9.47 Å². The van der Waals surface area contributed by atoms with E-state index in [1.807, 2.05) is 4.90 Å². The minimum Gasteiger partial charge on any atom is -0.496 e. The molecule has 0 unspecified atom stereocenters. The monoisotopic (exact) mass is 355 g/mol. The summed E-state index contributed by atoms with van der Waals surface area (Å²) in [6.07, 6.45) is 0. The van der Waals surface area contributed by atoms with Gasteiger partial charge in [0.25, 0.3) is 0 Å². The van der Waals surface area contributed by atoms with E-state index in [9.17, 15) is 21.6 Å². The fourth-order valence-electron chi connectivity index (χ4n) is 2.12. The smallest absolute Gasteiger partial charge is 0.496 e. The average molecular weight is 355 g/mol. The summed E-state index contributed by atoms with van der Waals surface area (Å²) in [7, 11) is -4.39. The second-order valence-electron chi connectivity index (χ2n) is 4.81. The number of nitrogens with zero attached hydrogens (tertiary/aromatic N) is 1. The first-order valence-corrected chi connectivity index (χ1v) is 8.12. The van der Waals surface area contributed by atoms with Gasteiger partial charge in [0, 0.05) is 19.6 Å². The normalized spacial score (nSPS) is 17.0. The molecule has 1 aromatic carbocycles. The van der Waals surface area contributed by atoms with E-state index in [0.29, 0.717) is 26.3 Å². The van der Waals surface area contributed by atoms with Gasteiger partial charge >= 0.3 is 15.6 Å². The molecule has 1 aliphatic rings. The third-order valence-electron chi connectivity index (χ3n) is 3.28. The van der Waals surface area contributed by atoms with E-state index in [2.05, 4.69) is 4.18 Å². The number of rotatable bonds is 5. The van der Waals surface area contributed by atoms with Crippen LogP contribution >= 0.6 is 0 Å². The van der Waals surface area contributed by atoms with Gasteiger partial charge in [-0.3, -0.25) is 4.90 Å². The molecule has 6 nitrogen and oxygen atoms in total. The van der Waals surface area contributed by atoms with Crippen LogP contribution in [0.25, 0.3) is 0 Å². The van der Waals surface area contributed by atoms with Gasteiger partial charge in [-0.25, -0.2) is 0 Å². The zero-order valence-corrected chi connectivity index (χ0v) is 13.1. The van der Waals surface area contributed by atoms with Crippen molar-refractivity contribution < 1.29 is 35.2 Å². The lowest BCUT2D eigenvalue weighted by atomic mass is 10.1. The van der Waals surface area contributed by atoms with Crippen molar-refractivity contribution in [3.63, 3.8) is 0 Å². The number of morpholine rings is 1. The molecule has 0 atom stereocenters. The van der Waals surface area contributed by atoms with E-state index in [-0.39, 0.29) is 17.9 Å². The molecule has 0 spiro atoms. The lowest BCUT2D eigenvalue weighted by Crippen LogP contribution is -2.36. The molecule has 0 N–H and O–H groups in total. The first-order chi connectivity index (χ1) is 10.7. The molecule has 0 radical (unpaired) electrons. The Hall–Kier alpha value is -1.52. The van der Waals surface area contributed by atoms with Gasteiger partial charge < -0.3 is 13.7 Å². The van der Waals surface area contributed by atoms with Crippen LogP contribution in [-0.4, -0.2) is 52.2 Å². The van der Waals surface area contributed by atoms with Crippen molar-refractivity contribution in [2.24, 2.45) is 0 Å². The van der Waals surface area contributed by atoms with Crippen LogP contribution < -0.4 is 8.92 Å². The Morgan fingerprint density at radius 3 is 2.39 bits per heavy atom. The van der Waals surface area contributed by atoms with E-state index < -0.39 is 21.4 Å². The number of alkyl halides is 3. The van der Waals surface area contributed by atoms with Crippen LogP contribution in [0.5, 0.6) is 11.5 Å². The standard InChI is InChI=1S/C13H16F3NO5S/c1-20-11-3-2-4-12(22-23(18,19)13(14,15)16)10(11)9-17-5-7-21-8-6-17/h2-4H,5-9H2,1H3. The second kappa shape index (κ2) is 6.93. The maximum atomic E-state index is 12.5. The molecule has 2 rings (SSSR count). The van der Waals surface area contributed by atoms with Gasteiger partial charge in [-0.15, -0.1) is 0 Å². The molecular weight excluding hydrogens is 339 g/mol. The lowest BCUT2D eigenvalue weighted by Gasteiger charge is -2.27. The van der Waals surface area contributed by atoms with Gasteiger partial charge in [-0.1, -0.05) is 6.07 Å². The molecule has 10 heteroatoms. The third-order valence-corrected chi connectivity index (χ3v) is 4.24. The molecule has 0 aliphatic carbocycles. The van der Waals surface area contributed by atoms with Crippen LogP contribution in [0.4, 0.5) is 13.2 Å². The van der Waals surface area contributed by atoms with Crippen LogP contribution in [0.15, 0.2) is 18.2 Å². The molecule has 130 valence electrons. The van der Waals surface area contributed by atoms with Crippen molar-refractivity contribution in [1.82, 2.24) is 4.90 Å². The highest BCUT2D eigenvalue weighted by molar-refractivity contribution is 7.88. The zero-order chi connectivity index (χ0) is 17.1. The summed E-state index contributed by atoms with van der Waals surface area (Å²) >= 11 is 0. The van der Waals surface area contributed by atoms with Gasteiger partial charge in [0.2, 0.25) is 0 Å². The summed E-state index contributed by atoms with van der Waals surface area (Å²) in [6, 6.07) is 4.06. The topological polar surface area (TPSA) is 65.1 Å². The molecule has 0 saturated carbocycles. The molecular formula is C13H16F3NO5S. The second-order valence-corrected chi connectivity index (χ2v) is 6.35. The number of halogens is 3. The molecule has 0 bridgehead atoms. The highest BCUT2D eigenvalue weighted by Crippen LogP contribution is 2.34. The fourth-order valence-corrected chi connectivity index (χ4v) is 2.61. The molecule has 1 saturated heterocycles. The number of hydrogen-bond donors (Lipinski definition) is 0. The summed E-state index contributed by atoms with van der Waals surface area (Å²) in [5, 5.41) is 0. The molecule has 1 fully saturated rings. The van der Waals surface area contributed by atoms with Gasteiger partial charge in [-0.2, -0.15) is 21.6 Å². The fraction of sp³-hybridized carbons (Fsp3) is 0.538. The van der Waals surface area contributed by atoms with Crippen LogP contribution in [-0.2, 0) is 21.4 Å². The van der Waals surface area contributed by atoms with Gasteiger partial charge in [0.1, 0.15) is 5.75 Å². The Morgan fingerprint density at radius 1 is 1.22 bits per heavy atom. The summed E-state index contributed by atoms with van der Waals surface area (Å²) in [5.74, 6) is -0.139. The van der Waals surface area contributed by atoms with Crippen molar-refractivity contribution in [1.29, 1.82) is 0 Å². The Kier molecular flexibility index (Phi) is 5.37. The maximum Gasteiger partial charge on any atom is 0.534 e. The van der Waals surface area contributed by atoms with Crippen LogP contribution in [0.3, 0.4) is 0 Å². The van der Waals surface area contributed by atoms with Crippen molar-refractivity contribution in [2.75, 3.05) is 33.4 Å². The van der Waals surface area contributed by atoms with E-state index >= 15 is 0 Å². The molecule has 0 aromatic heterocycles. The van der Waals surface area contributed by atoms with Crippen molar-refractivity contribution in [2.45, 2.75) is 12.1 Å². The average Bonchev–Trinajstić information content (AvgIpc) is 2.48. The Labute approximate surface area is 131 Å². The predicted octanol–water partition coefficient (Wildman–Crippen LogP) is 1.76.